The molecule has 1 aromatic heterocycles. The Morgan fingerprint density at radius 1 is 1.38 bits per heavy atom. The number of fused-ring (bicyclic) bond motifs is 1. The van der Waals surface area contributed by atoms with Crippen molar-refractivity contribution >= 4 is 34.5 Å². The molecule has 32 heavy (non-hydrogen) atoms. The standard InChI is InChI=1S/C23H23ClFN3O3S/c1-5-31-17-9-7-14(11-26-17)23(4)20(13-6-8-15(24)16(25)10-13)28-18(12(2)3)19(21(29)30)32-22(28)27-23/h6-12,20H,5H2,1-4H3,(H,29,30). The molecule has 0 bridgehead atoms. The lowest BCUT2D eigenvalue weighted by Gasteiger charge is -2.36. The molecular formula is C23H23ClFN3O3S. The second-order valence-corrected chi connectivity index (χ2v) is 9.47. The van der Waals surface area contributed by atoms with Crippen LogP contribution in [0.2, 0.25) is 5.02 Å². The van der Waals surface area contributed by atoms with Crippen LogP contribution in [0.15, 0.2) is 52.1 Å². The van der Waals surface area contributed by atoms with E-state index in [9.17, 15) is 14.3 Å². The number of aliphatic imine (C=N–C) groups is 1. The van der Waals surface area contributed by atoms with E-state index in [4.69, 9.17) is 21.3 Å². The van der Waals surface area contributed by atoms with Crippen LogP contribution in [0.5, 0.6) is 5.88 Å². The normalized spacial score (nSPS) is 22.4. The molecule has 0 aliphatic carbocycles. The van der Waals surface area contributed by atoms with Crippen molar-refractivity contribution in [2.45, 2.75) is 39.3 Å². The maximum atomic E-state index is 14.5. The topological polar surface area (TPSA) is 75.0 Å². The van der Waals surface area contributed by atoms with Crippen LogP contribution in [-0.4, -0.2) is 32.7 Å². The highest BCUT2D eigenvalue weighted by Gasteiger charge is 2.53. The van der Waals surface area contributed by atoms with Crippen LogP contribution >= 0.6 is 23.4 Å². The minimum absolute atomic E-state index is 0.0268. The summed E-state index contributed by atoms with van der Waals surface area (Å²) in [6.07, 6.45) is 1.71. The minimum Gasteiger partial charge on any atom is -0.478 e. The first kappa shape index (κ1) is 22.6. The summed E-state index contributed by atoms with van der Waals surface area (Å²) in [5.41, 5.74) is 1.27. The van der Waals surface area contributed by atoms with Gasteiger partial charge in [0, 0.05) is 23.5 Å². The van der Waals surface area contributed by atoms with E-state index in [1.165, 1.54) is 12.1 Å². The Kier molecular flexibility index (Phi) is 5.94. The third kappa shape index (κ3) is 3.65. The Labute approximate surface area is 195 Å². The molecule has 6 nitrogen and oxygen atoms in total. The van der Waals surface area contributed by atoms with Gasteiger partial charge in [0.05, 0.1) is 17.7 Å². The lowest BCUT2D eigenvalue weighted by atomic mass is 9.81. The number of pyridine rings is 1. The Hall–Kier alpha value is -2.58. The zero-order chi connectivity index (χ0) is 23.2. The van der Waals surface area contributed by atoms with Crippen LogP contribution in [0.1, 0.15) is 44.9 Å². The fourth-order valence-electron chi connectivity index (χ4n) is 4.23. The summed E-state index contributed by atoms with van der Waals surface area (Å²) in [7, 11) is 0. The molecular weight excluding hydrogens is 453 g/mol. The fraction of sp³-hybridized carbons (Fsp3) is 0.348. The van der Waals surface area contributed by atoms with Crippen LogP contribution in [-0.2, 0) is 10.3 Å². The number of amidine groups is 1. The monoisotopic (exact) mass is 475 g/mol. The highest BCUT2D eigenvalue weighted by atomic mass is 35.5. The smallest absolute Gasteiger partial charge is 0.344 e. The second kappa shape index (κ2) is 8.41. The Morgan fingerprint density at radius 2 is 2.12 bits per heavy atom. The third-order valence-electron chi connectivity index (χ3n) is 5.62. The van der Waals surface area contributed by atoms with Crippen molar-refractivity contribution in [3.05, 3.63) is 69.1 Å². The van der Waals surface area contributed by atoms with Crippen molar-refractivity contribution in [1.29, 1.82) is 0 Å². The van der Waals surface area contributed by atoms with Crippen molar-refractivity contribution in [2.75, 3.05) is 6.61 Å². The maximum Gasteiger partial charge on any atom is 0.344 e. The first-order valence-electron chi connectivity index (χ1n) is 10.3. The van der Waals surface area contributed by atoms with E-state index in [0.717, 1.165) is 17.3 Å². The summed E-state index contributed by atoms with van der Waals surface area (Å²) < 4.78 is 20.0. The van der Waals surface area contributed by atoms with E-state index in [0.29, 0.717) is 28.9 Å². The van der Waals surface area contributed by atoms with Gasteiger partial charge in [0.25, 0.3) is 0 Å². The molecule has 1 aromatic carbocycles. The van der Waals surface area contributed by atoms with Gasteiger partial charge in [-0.05, 0) is 55.3 Å². The first-order chi connectivity index (χ1) is 15.2. The Morgan fingerprint density at radius 3 is 2.69 bits per heavy atom. The maximum absolute atomic E-state index is 14.5. The number of carboxylic acids is 1. The molecule has 2 atom stereocenters. The number of carboxylic acid groups (broad SMARTS) is 1. The minimum atomic E-state index is -0.999. The summed E-state index contributed by atoms with van der Waals surface area (Å²) in [4.78, 5) is 23.5. The molecule has 9 heteroatoms. The molecule has 0 saturated carbocycles. The molecule has 3 heterocycles. The zero-order valence-electron chi connectivity index (χ0n) is 18.1. The molecule has 2 unspecified atom stereocenters. The van der Waals surface area contributed by atoms with E-state index < -0.39 is 23.4 Å². The van der Waals surface area contributed by atoms with Gasteiger partial charge in [-0.15, -0.1) is 0 Å². The zero-order valence-corrected chi connectivity index (χ0v) is 19.7. The van der Waals surface area contributed by atoms with Gasteiger partial charge < -0.3 is 14.7 Å². The van der Waals surface area contributed by atoms with Gasteiger partial charge in [0.2, 0.25) is 5.88 Å². The predicted octanol–water partition coefficient (Wildman–Crippen LogP) is 5.60. The number of nitrogens with zero attached hydrogens (tertiary/aromatic N) is 3. The predicted molar refractivity (Wildman–Crippen MR) is 123 cm³/mol. The lowest BCUT2D eigenvalue weighted by molar-refractivity contribution is -0.131. The molecule has 2 aliphatic heterocycles. The van der Waals surface area contributed by atoms with Crippen LogP contribution < -0.4 is 4.74 Å². The van der Waals surface area contributed by atoms with Gasteiger partial charge in [-0.25, -0.2) is 19.2 Å². The average molecular weight is 476 g/mol. The summed E-state index contributed by atoms with van der Waals surface area (Å²) >= 11 is 7.08. The average Bonchev–Trinajstić information content (AvgIpc) is 3.24. The van der Waals surface area contributed by atoms with Gasteiger partial charge in [0.1, 0.15) is 16.3 Å². The van der Waals surface area contributed by atoms with Crippen LogP contribution in [0.25, 0.3) is 0 Å². The number of thioether (sulfide) groups is 1. The number of allylic oxidation sites excluding steroid dienone is 1. The molecule has 168 valence electrons. The van der Waals surface area contributed by atoms with Crippen molar-refractivity contribution in [3.8, 4) is 5.88 Å². The number of hydrogen-bond acceptors (Lipinski definition) is 6. The summed E-state index contributed by atoms with van der Waals surface area (Å²) in [6, 6.07) is 7.86. The highest BCUT2D eigenvalue weighted by Crippen LogP contribution is 2.56. The van der Waals surface area contributed by atoms with E-state index in [-0.39, 0.29) is 15.8 Å². The third-order valence-corrected chi connectivity index (χ3v) is 6.99. The number of benzene rings is 1. The molecule has 0 fully saturated rings. The summed E-state index contributed by atoms with van der Waals surface area (Å²) in [5.74, 6) is -1.11. The molecule has 1 N–H and O–H groups in total. The molecule has 4 rings (SSSR count). The van der Waals surface area contributed by atoms with E-state index in [1.54, 1.807) is 18.3 Å². The van der Waals surface area contributed by atoms with Gasteiger partial charge in [-0.1, -0.05) is 31.5 Å². The van der Waals surface area contributed by atoms with Crippen molar-refractivity contribution in [3.63, 3.8) is 0 Å². The van der Waals surface area contributed by atoms with Crippen molar-refractivity contribution in [1.82, 2.24) is 9.88 Å². The molecule has 0 radical (unpaired) electrons. The number of carbonyl (C=O) groups is 1. The number of aliphatic carboxylic acids is 1. The fourth-order valence-corrected chi connectivity index (χ4v) is 5.59. The lowest BCUT2D eigenvalue weighted by Crippen LogP contribution is -2.36. The van der Waals surface area contributed by atoms with E-state index >= 15 is 0 Å². The first-order valence-corrected chi connectivity index (χ1v) is 11.5. The number of rotatable bonds is 6. The van der Waals surface area contributed by atoms with Gasteiger partial charge in [-0.3, -0.25) is 0 Å². The molecule has 2 aromatic rings. The SMILES string of the molecule is CCOc1ccc(C2(C)N=C3SC(C(=O)O)=C(C(C)C)N3C2c2ccc(Cl)c(F)c2)cn1. The Bertz CT molecular complexity index is 1140. The van der Waals surface area contributed by atoms with Gasteiger partial charge in [-0.2, -0.15) is 0 Å². The Balaban J connectivity index is 1.89. The molecule has 0 amide bonds. The van der Waals surface area contributed by atoms with Gasteiger partial charge in [0.15, 0.2) is 5.17 Å². The number of hydrogen-bond donors (Lipinski definition) is 1. The summed E-state index contributed by atoms with van der Waals surface area (Å²) in [5, 5.41) is 10.4. The van der Waals surface area contributed by atoms with Crippen molar-refractivity contribution in [2.24, 2.45) is 10.9 Å². The second-order valence-electron chi connectivity index (χ2n) is 8.08. The molecule has 0 saturated heterocycles. The van der Waals surface area contributed by atoms with E-state index in [2.05, 4.69) is 4.98 Å². The quantitative estimate of drug-likeness (QED) is 0.586. The number of halogens is 2. The highest BCUT2D eigenvalue weighted by molar-refractivity contribution is 8.18. The summed E-state index contributed by atoms with van der Waals surface area (Å²) in [6.45, 7) is 8.22. The van der Waals surface area contributed by atoms with Gasteiger partial charge >= 0.3 is 5.97 Å². The molecule has 2 aliphatic rings. The number of ether oxygens (including phenoxy) is 1. The molecule has 0 spiro atoms. The largest absolute Gasteiger partial charge is 0.478 e. The van der Waals surface area contributed by atoms with Crippen LogP contribution in [0.3, 0.4) is 0 Å². The number of aromatic nitrogens is 1. The van der Waals surface area contributed by atoms with Crippen LogP contribution in [0, 0.1) is 11.7 Å². The van der Waals surface area contributed by atoms with E-state index in [1.807, 2.05) is 38.7 Å². The van der Waals surface area contributed by atoms with Crippen molar-refractivity contribution < 1.29 is 19.0 Å². The van der Waals surface area contributed by atoms with Crippen LogP contribution in [0.4, 0.5) is 4.39 Å².